The van der Waals surface area contributed by atoms with Crippen LogP contribution in [0.2, 0.25) is 0 Å². The Morgan fingerprint density at radius 2 is 1.51 bits per heavy atom. The number of hydrogen-bond donors (Lipinski definition) is 1. The molecule has 10 nitrogen and oxygen atoms in total. The lowest BCUT2D eigenvalue weighted by Crippen LogP contribution is -2.48. The second-order valence-corrected chi connectivity index (χ2v) is 13.1. The van der Waals surface area contributed by atoms with Gasteiger partial charge in [0, 0.05) is 90.9 Å². The lowest BCUT2D eigenvalue weighted by molar-refractivity contribution is 0.0609. The van der Waals surface area contributed by atoms with E-state index in [1.165, 1.54) is 11.1 Å². The second kappa shape index (κ2) is 10.1. The summed E-state index contributed by atoms with van der Waals surface area (Å²) in [7, 11) is 0. The molecule has 6 heterocycles. The number of aromatic nitrogens is 2. The summed E-state index contributed by atoms with van der Waals surface area (Å²) in [6.07, 6.45) is -0.254. The number of carbonyl (C=O) groups is 2. The third-order valence-electron chi connectivity index (χ3n) is 10.5. The zero-order chi connectivity index (χ0) is 31.2. The molecule has 1 N–H and O–H groups in total. The molecule has 1 fully saturated rings. The SMILES string of the molecule is O=C1NCc2c1c1c3ccccc3n3c1c1c2c2ccccc2n1CC(COC(=O)N1CCN(Cc2ccc4c(c2)OCO4)CC1)C3. The Kier molecular flexibility index (Phi) is 5.81. The summed E-state index contributed by atoms with van der Waals surface area (Å²) in [6, 6.07) is 22.9. The normalized spacial score (nSPS) is 18.9. The highest BCUT2D eigenvalue weighted by Gasteiger charge is 2.34. The number of piperazine rings is 1. The predicted molar refractivity (Wildman–Crippen MR) is 178 cm³/mol. The Bertz CT molecular complexity index is 2300. The highest BCUT2D eigenvalue weighted by molar-refractivity contribution is 6.30. The van der Waals surface area contributed by atoms with Crippen molar-refractivity contribution in [2.75, 3.05) is 39.6 Å². The Balaban J connectivity index is 0.932. The largest absolute Gasteiger partial charge is 0.454 e. The Hall–Kier alpha value is -5.22. The molecule has 10 rings (SSSR count). The van der Waals surface area contributed by atoms with Gasteiger partial charge < -0.3 is 33.6 Å². The Morgan fingerprint density at radius 3 is 2.28 bits per heavy atom. The fourth-order valence-electron chi connectivity index (χ4n) is 8.34. The average Bonchev–Trinajstić information content (AvgIpc) is 3.85. The molecule has 47 heavy (non-hydrogen) atoms. The molecule has 2 amide bonds. The van der Waals surface area contributed by atoms with E-state index in [9.17, 15) is 9.59 Å². The van der Waals surface area contributed by atoms with Gasteiger partial charge in [-0.05, 0) is 35.4 Å². The summed E-state index contributed by atoms with van der Waals surface area (Å²) in [4.78, 5) is 31.0. The Labute approximate surface area is 270 Å². The summed E-state index contributed by atoms with van der Waals surface area (Å²) in [5.41, 5.74) is 7.56. The van der Waals surface area contributed by atoms with E-state index in [2.05, 4.69) is 67.9 Å². The molecule has 0 spiro atoms. The minimum atomic E-state index is -0.254. The maximum atomic E-state index is 13.4. The topological polar surface area (TPSA) is 90.2 Å². The number of nitrogens with zero attached hydrogens (tertiary/aromatic N) is 4. The van der Waals surface area contributed by atoms with Crippen molar-refractivity contribution in [2.24, 2.45) is 5.92 Å². The van der Waals surface area contributed by atoms with Crippen LogP contribution in [0.4, 0.5) is 4.79 Å². The minimum Gasteiger partial charge on any atom is -0.454 e. The molecule has 10 heteroatoms. The fourth-order valence-corrected chi connectivity index (χ4v) is 8.34. The molecule has 1 unspecified atom stereocenters. The molecule has 1 saturated heterocycles. The summed E-state index contributed by atoms with van der Waals surface area (Å²) in [5.74, 6) is 1.62. The maximum absolute atomic E-state index is 13.4. The van der Waals surface area contributed by atoms with E-state index in [1.54, 1.807) is 0 Å². The predicted octanol–water partition coefficient (Wildman–Crippen LogP) is 5.46. The van der Waals surface area contributed by atoms with Crippen molar-refractivity contribution < 1.29 is 23.8 Å². The number of rotatable bonds is 4. The van der Waals surface area contributed by atoms with Crippen molar-refractivity contribution in [3.05, 3.63) is 83.4 Å². The van der Waals surface area contributed by atoms with Gasteiger partial charge in [0.15, 0.2) is 11.5 Å². The number of fused-ring (bicyclic) bond motifs is 10. The van der Waals surface area contributed by atoms with Gasteiger partial charge in [-0.2, -0.15) is 0 Å². The van der Waals surface area contributed by atoms with Crippen LogP contribution in [-0.4, -0.2) is 70.5 Å². The lowest BCUT2D eigenvalue weighted by Gasteiger charge is -2.34. The van der Waals surface area contributed by atoms with Crippen LogP contribution in [0.15, 0.2) is 66.7 Å². The Morgan fingerprint density at radius 1 is 0.830 bits per heavy atom. The van der Waals surface area contributed by atoms with Crippen LogP contribution in [0.1, 0.15) is 21.5 Å². The highest BCUT2D eigenvalue weighted by Crippen LogP contribution is 2.46. The highest BCUT2D eigenvalue weighted by atomic mass is 16.7. The monoisotopic (exact) mass is 627 g/mol. The molecule has 236 valence electrons. The summed E-state index contributed by atoms with van der Waals surface area (Å²) >= 11 is 0. The van der Waals surface area contributed by atoms with Gasteiger partial charge in [-0.3, -0.25) is 9.69 Å². The van der Waals surface area contributed by atoms with Crippen molar-refractivity contribution in [1.82, 2.24) is 24.3 Å². The van der Waals surface area contributed by atoms with Crippen LogP contribution in [0, 0.1) is 5.92 Å². The fraction of sp³-hybridized carbons (Fsp3) is 0.297. The summed E-state index contributed by atoms with van der Waals surface area (Å²) < 4.78 is 21.9. The van der Waals surface area contributed by atoms with Crippen LogP contribution in [0.5, 0.6) is 11.5 Å². The van der Waals surface area contributed by atoms with E-state index in [1.807, 2.05) is 23.1 Å². The molecule has 1 atom stereocenters. The van der Waals surface area contributed by atoms with Crippen LogP contribution in [-0.2, 0) is 30.9 Å². The molecule has 0 aliphatic carbocycles. The molecule has 6 aromatic rings. The van der Waals surface area contributed by atoms with Crippen LogP contribution < -0.4 is 14.8 Å². The van der Waals surface area contributed by atoms with Crippen molar-refractivity contribution in [1.29, 1.82) is 0 Å². The van der Waals surface area contributed by atoms with Gasteiger partial charge in [-0.1, -0.05) is 42.5 Å². The standard InChI is InChI=1S/C37H33N5O5/c43-36-33-26(16-38-36)31-24-5-1-3-7-27(24)41-18-23(19-42-28-8-4-2-6-25(28)32(33)35(42)34(31)41)20-45-37(44)40-13-11-39(12-14-40)17-22-9-10-29-30(15-22)47-21-46-29/h1-10,15,23H,11-14,16-21H2,(H,38,43). The number of hydrogen-bond acceptors (Lipinski definition) is 6. The zero-order valence-corrected chi connectivity index (χ0v) is 25.8. The van der Waals surface area contributed by atoms with Crippen molar-refractivity contribution >= 4 is 55.6 Å². The van der Waals surface area contributed by atoms with Gasteiger partial charge in [-0.25, -0.2) is 4.79 Å². The van der Waals surface area contributed by atoms with Gasteiger partial charge in [0.25, 0.3) is 5.91 Å². The first-order valence-electron chi connectivity index (χ1n) is 16.4. The summed E-state index contributed by atoms with van der Waals surface area (Å²) in [6.45, 7) is 6.11. The second-order valence-electron chi connectivity index (χ2n) is 13.1. The number of para-hydroxylation sites is 2. The quantitative estimate of drug-likeness (QED) is 0.279. The lowest BCUT2D eigenvalue weighted by atomic mass is 9.97. The van der Waals surface area contributed by atoms with E-state index < -0.39 is 0 Å². The van der Waals surface area contributed by atoms with E-state index >= 15 is 0 Å². The first-order chi connectivity index (χ1) is 23.1. The van der Waals surface area contributed by atoms with Crippen molar-refractivity contribution in [3.63, 3.8) is 0 Å². The average molecular weight is 628 g/mol. The summed E-state index contributed by atoms with van der Waals surface area (Å²) in [5, 5.41) is 7.54. The smallest absolute Gasteiger partial charge is 0.409 e. The number of carbonyl (C=O) groups excluding carboxylic acids is 2. The first-order valence-corrected chi connectivity index (χ1v) is 16.4. The maximum Gasteiger partial charge on any atom is 0.409 e. The molecule has 2 aromatic heterocycles. The molecule has 4 aliphatic heterocycles. The molecular formula is C37H33N5O5. The number of nitrogens with one attached hydrogen (secondary N) is 1. The first kappa shape index (κ1) is 26.9. The molecule has 4 aromatic carbocycles. The van der Waals surface area contributed by atoms with Gasteiger partial charge in [-0.15, -0.1) is 0 Å². The minimum absolute atomic E-state index is 0.00708. The van der Waals surface area contributed by atoms with Crippen molar-refractivity contribution in [2.45, 2.75) is 26.2 Å². The van der Waals surface area contributed by atoms with Crippen molar-refractivity contribution in [3.8, 4) is 11.5 Å². The van der Waals surface area contributed by atoms with Crippen LogP contribution in [0.3, 0.4) is 0 Å². The van der Waals surface area contributed by atoms with Gasteiger partial charge in [0.1, 0.15) is 0 Å². The molecule has 0 saturated carbocycles. The molecular weight excluding hydrogens is 594 g/mol. The van der Waals surface area contributed by atoms with Gasteiger partial charge >= 0.3 is 6.09 Å². The van der Waals surface area contributed by atoms with E-state index in [-0.39, 0.29) is 24.7 Å². The third kappa shape index (κ3) is 4.00. The molecule has 0 bridgehead atoms. The van der Waals surface area contributed by atoms with E-state index in [4.69, 9.17) is 14.2 Å². The number of amides is 2. The van der Waals surface area contributed by atoms with E-state index in [0.717, 1.165) is 80.4 Å². The van der Waals surface area contributed by atoms with E-state index in [0.29, 0.717) is 39.3 Å². The van der Waals surface area contributed by atoms with Crippen LogP contribution in [0.25, 0.3) is 43.6 Å². The molecule has 4 aliphatic rings. The molecule has 0 radical (unpaired) electrons. The van der Waals surface area contributed by atoms with Crippen LogP contribution >= 0.6 is 0 Å². The third-order valence-corrected chi connectivity index (χ3v) is 10.5. The number of benzene rings is 4. The van der Waals surface area contributed by atoms with Gasteiger partial charge in [0.2, 0.25) is 6.79 Å². The zero-order valence-electron chi connectivity index (χ0n) is 25.8. The number of ether oxygens (including phenoxy) is 3. The van der Waals surface area contributed by atoms with Gasteiger partial charge in [0.05, 0.1) is 23.2 Å².